The van der Waals surface area contributed by atoms with Crippen molar-refractivity contribution in [3.05, 3.63) is 66.4 Å². The van der Waals surface area contributed by atoms with Crippen molar-refractivity contribution >= 4 is 17.4 Å². The first kappa shape index (κ1) is 15.7. The highest BCUT2D eigenvalue weighted by Gasteiger charge is 2.13. The molecule has 0 saturated heterocycles. The van der Waals surface area contributed by atoms with Gasteiger partial charge in [0.15, 0.2) is 0 Å². The summed E-state index contributed by atoms with van der Waals surface area (Å²) < 4.78 is 28.0. The maximum atomic E-state index is 13.2. The van der Waals surface area contributed by atoms with E-state index in [4.69, 9.17) is 0 Å². The minimum Gasteiger partial charge on any atom is -0.308 e. The zero-order valence-corrected chi connectivity index (χ0v) is 12.8. The van der Waals surface area contributed by atoms with Crippen molar-refractivity contribution in [2.24, 2.45) is 7.05 Å². The molecule has 0 aliphatic carbocycles. The fourth-order valence-corrected chi connectivity index (χ4v) is 2.38. The zero-order chi connectivity index (χ0) is 17.1. The summed E-state index contributed by atoms with van der Waals surface area (Å²) in [7, 11) is 1.76. The molecule has 2 aromatic carbocycles. The number of nitrogens with one attached hydrogen (secondary N) is 2. The van der Waals surface area contributed by atoms with E-state index in [-0.39, 0.29) is 5.69 Å². The molecule has 0 fully saturated rings. The Balaban J connectivity index is 1.80. The van der Waals surface area contributed by atoms with Crippen molar-refractivity contribution < 1.29 is 13.6 Å². The second-order valence-corrected chi connectivity index (χ2v) is 5.13. The third-order valence-electron chi connectivity index (χ3n) is 3.35. The molecule has 0 radical (unpaired) electrons. The number of anilines is 2. The number of urea groups is 1. The number of hydrogen-bond donors (Lipinski definition) is 2. The quantitative estimate of drug-likeness (QED) is 0.763. The number of nitrogens with zero attached hydrogens (tertiary/aromatic N) is 2. The molecule has 3 aromatic rings. The number of aryl methyl sites for hydroxylation is 1. The highest BCUT2D eigenvalue weighted by Crippen LogP contribution is 2.27. The van der Waals surface area contributed by atoms with Crippen LogP contribution >= 0.6 is 0 Å². The van der Waals surface area contributed by atoms with Crippen LogP contribution in [-0.2, 0) is 7.05 Å². The van der Waals surface area contributed by atoms with Crippen molar-refractivity contribution in [1.82, 2.24) is 9.78 Å². The summed E-state index contributed by atoms with van der Waals surface area (Å²) in [5.74, 6) is -1.53. The van der Waals surface area contributed by atoms with Gasteiger partial charge in [0.1, 0.15) is 11.6 Å². The van der Waals surface area contributed by atoms with Gasteiger partial charge in [-0.25, -0.2) is 13.6 Å². The summed E-state index contributed by atoms with van der Waals surface area (Å²) >= 11 is 0. The monoisotopic (exact) mass is 328 g/mol. The van der Waals surface area contributed by atoms with Gasteiger partial charge in [0.05, 0.1) is 17.6 Å². The Labute approximate surface area is 136 Å². The number of aromatic nitrogens is 2. The van der Waals surface area contributed by atoms with Gasteiger partial charge in [0.2, 0.25) is 0 Å². The van der Waals surface area contributed by atoms with Gasteiger partial charge in [-0.2, -0.15) is 5.10 Å². The molecule has 0 aliphatic heterocycles. The van der Waals surface area contributed by atoms with E-state index in [1.54, 1.807) is 11.7 Å². The van der Waals surface area contributed by atoms with Crippen molar-refractivity contribution in [3.8, 4) is 11.3 Å². The topological polar surface area (TPSA) is 59.0 Å². The molecule has 0 saturated carbocycles. The van der Waals surface area contributed by atoms with Gasteiger partial charge < -0.3 is 10.6 Å². The normalized spacial score (nSPS) is 10.5. The van der Waals surface area contributed by atoms with Gasteiger partial charge >= 0.3 is 6.03 Å². The number of carbonyl (C=O) groups is 1. The number of rotatable bonds is 3. The summed E-state index contributed by atoms with van der Waals surface area (Å²) in [6, 6.07) is 11.6. The van der Waals surface area contributed by atoms with Gasteiger partial charge in [0, 0.05) is 24.4 Å². The van der Waals surface area contributed by atoms with Gasteiger partial charge in [-0.05, 0) is 12.1 Å². The first-order valence-electron chi connectivity index (χ1n) is 7.14. The highest BCUT2D eigenvalue weighted by molar-refractivity contribution is 6.01. The standard InChI is InChI=1S/C17H14F2N4O/c1-23-16(11-5-3-2-4-6-11)15(10-20-23)22-17(24)21-14-8-12(18)7-13(19)9-14/h2-10H,1H3,(H2,21,22,24). The van der Waals surface area contributed by atoms with E-state index < -0.39 is 17.7 Å². The van der Waals surface area contributed by atoms with Crippen molar-refractivity contribution in [2.45, 2.75) is 0 Å². The number of hydrogen-bond acceptors (Lipinski definition) is 2. The van der Waals surface area contributed by atoms with E-state index in [9.17, 15) is 13.6 Å². The highest BCUT2D eigenvalue weighted by atomic mass is 19.1. The lowest BCUT2D eigenvalue weighted by atomic mass is 10.1. The SMILES string of the molecule is Cn1ncc(NC(=O)Nc2cc(F)cc(F)c2)c1-c1ccccc1. The average molecular weight is 328 g/mol. The van der Waals surface area contributed by atoms with Gasteiger partial charge in [-0.15, -0.1) is 0 Å². The van der Waals surface area contributed by atoms with Crippen LogP contribution in [0.3, 0.4) is 0 Å². The third kappa shape index (κ3) is 3.40. The molecule has 1 aromatic heterocycles. The Morgan fingerprint density at radius 3 is 2.38 bits per heavy atom. The van der Waals surface area contributed by atoms with E-state index in [1.807, 2.05) is 30.3 Å². The number of halogens is 2. The molecule has 0 atom stereocenters. The fraction of sp³-hybridized carbons (Fsp3) is 0.0588. The van der Waals surface area contributed by atoms with E-state index in [2.05, 4.69) is 15.7 Å². The lowest BCUT2D eigenvalue weighted by Crippen LogP contribution is -2.19. The van der Waals surface area contributed by atoms with Crippen molar-refractivity contribution in [3.63, 3.8) is 0 Å². The third-order valence-corrected chi connectivity index (χ3v) is 3.35. The predicted octanol–water partition coefficient (Wildman–Crippen LogP) is 4.01. The van der Waals surface area contributed by atoms with Crippen LogP contribution < -0.4 is 10.6 Å². The van der Waals surface area contributed by atoms with Crippen LogP contribution in [0.2, 0.25) is 0 Å². The fourth-order valence-electron chi connectivity index (χ4n) is 2.38. The van der Waals surface area contributed by atoms with Crippen LogP contribution in [0.1, 0.15) is 0 Å². The van der Waals surface area contributed by atoms with E-state index >= 15 is 0 Å². The molecule has 24 heavy (non-hydrogen) atoms. The molecular weight excluding hydrogens is 314 g/mol. The number of amides is 2. The van der Waals surface area contributed by atoms with Crippen LogP contribution in [0.15, 0.2) is 54.7 Å². The molecule has 0 aliphatic rings. The maximum absolute atomic E-state index is 13.2. The molecule has 0 unspecified atom stereocenters. The molecule has 2 N–H and O–H groups in total. The number of benzene rings is 2. The lowest BCUT2D eigenvalue weighted by Gasteiger charge is -2.09. The van der Waals surface area contributed by atoms with Crippen LogP contribution in [0.25, 0.3) is 11.3 Å². The summed E-state index contributed by atoms with van der Waals surface area (Å²) in [6.07, 6.45) is 1.51. The zero-order valence-electron chi connectivity index (χ0n) is 12.8. The molecular formula is C17H14F2N4O. The van der Waals surface area contributed by atoms with E-state index in [1.165, 1.54) is 6.20 Å². The summed E-state index contributed by atoms with van der Waals surface area (Å²) in [6.45, 7) is 0. The second kappa shape index (κ2) is 6.49. The van der Waals surface area contributed by atoms with E-state index in [0.29, 0.717) is 5.69 Å². The predicted molar refractivity (Wildman–Crippen MR) is 87.6 cm³/mol. The Morgan fingerprint density at radius 2 is 1.71 bits per heavy atom. The second-order valence-electron chi connectivity index (χ2n) is 5.13. The van der Waals surface area contributed by atoms with Gasteiger partial charge in [-0.3, -0.25) is 4.68 Å². The van der Waals surface area contributed by atoms with Gasteiger partial charge in [-0.1, -0.05) is 30.3 Å². The first-order chi connectivity index (χ1) is 11.5. The van der Waals surface area contributed by atoms with Crippen LogP contribution in [0.4, 0.5) is 25.0 Å². The van der Waals surface area contributed by atoms with Crippen molar-refractivity contribution in [2.75, 3.05) is 10.6 Å². The Hall–Kier alpha value is -3.22. The molecule has 3 rings (SSSR count). The molecule has 0 spiro atoms. The van der Waals surface area contributed by atoms with Crippen LogP contribution in [0.5, 0.6) is 0 Å². The Kier molecular flexibility index (Phi) is 4.24. The summed E-state index contributed by atoms with van der Waals surface area (Å²) in [5, 5.41) is 9.17. The maximum Gasteiger partial charge on any atom is 0.323 e. The lowest BCUT2D eigenvalue weighted by molar-refractivity contribution is 0.262. The molecule has 122 valence electrons. The minimum atomic E-state index is -0.767. The largest absolute Gasteiger partial charge is 0.323 e. The molecule has 2 amide bonds. The minimum absolute atomic E-state index is 0.0233. The average Bonchev–Trinajstić information content (AvgIpc) is 2.87. The van der Waals surface area contributed by atoms with Crippen LogP contribution in [0, 0.1) is 11.6 Å². The molecule has 7 heteroatoms. The molecule has 5 nitrogen and oxygen atoms in total. The summed E-state index contributed by atoms with van der Waals surface area (Å²) in [4.78, 5) is 12.1. The smallest absolute Gasteiger partial charge is 0.308 e. The molecule has 0 bridgehead atoms. The van der Waals surface area contributed by atoms with Gasteiger partial charge in [0.25, 0.3) is 0 Å². The van der Waals surface area contributed by atoms with Crippen LogP contribution in [-0.4, -0.2) is 15.8 Å². The summed E-state index contributed by atoms with van der Waals surface area (Å²) in [5.41, 5.74) is 2.11. The molecule has 1 heterocycles. The first-order valence-corrected chi connectivity index (χ1v) is 7.14. The Morgan fingerprint density at radius 1 is 1.04 bits per heavy atom. The van der Waals surface area contributed by atoms with E-state index in [0.717, 1.165) is 29.5 Å². The Bertz CT molecular complexity index is 857. The number of carbonyl (C=O) groups excluding carboxylic acids is 1. The van der Waals surface area contributed by atoms with Crippen molar-refractivity contribution in [1.29, 1.82) is 0 Å².